The second kappa shape index (κ2) is 5.66. The largest absolute Gasteiger partial charge is 0.398 e. The lowest BCUT2D eigenvalue weighted by molar-refractivity contribution is -0.119. The molecule has 4 N–H and O–H groups in total. The molecule has 2 aromatic rings. The lowest BCUT2D eigenvalue weighted by Crippen LogP contribution is -2.43. The maximum absolute atomic E-state index is 13.7. The molecule has 2 atom stereocenters. The zero-order valence-corrected chi connectivity index (χ0v) is 13.2. The van der Waals surface area contributed by atoms with Crippen LogP contribution in [0.15, 0.2) is 36.4 Å². The van der Waals surface area contributed by atoms with Gasteiger partial charge in [0.1, 0.15) is 5.82 Å². The third-order valence-corrected chi connectivity index (χ3v) is 4.29. The molecule has 23 heavy (non-hydrogen) atoms. The quantitative estimate of drug-likeness (QED) is 0.795. The summed E-state index contributed by atoms with van der Waals surface area (Å²) >= 11 is 0. The van der Waals surface area contributed by atoms with Crippen LogP contribution in [0.1, 0.15) is 25.3 Å². The van der Waals surface area contributed by atoms with Crippen LogP contribution in [0.5, 0.6) is 0 Å². The molecule has 1 aliphatic rings. The number of hydrogen-bond donors (Lipinski definition) is 2. The van der Waals surface area contributed by atoms with E-state index >= 15 is 0 Å². The zero-order chi connectivity index (χ0) is 16.7. The molecule has 4 nitrogen and oxygen atoms in total. The van der Waals surface area contributed by atoms with E-state index in [0.29, 0.717) is 12.2 Å². The molecule has 120 valence electrons. The molecule has 0 saturated carbocycles. The number of nitrogen functional groups attached to an aromatic ring is 1. The van der Waals surface area contributed by atoms with Crippen molar-refractivity contribution < 1.29 is 9.18 Å². The van der Waals surface area contributed by atoms with E-state index in [1.54, 1.807) is 24.0 Å². The van der Waals surface area contributed by atoms with Gasteiger partial charge in [0.15, 0.2) is 0 Å². The Morgan fingerprint density at radius 2 is 2.09 bits per heavy atom. The summed E-state index contributed by atoms with van der Waals surface area (Å²) in [6, 6.07) is 9.52. The van der Waals surface area contributed by atoms with Crippen molar-refractivity contribution in [3.05, 3.63) is 47.8 Å². The number of carbonyl (C=O) groups is 1. The molecular weight excluding hydrogens is 293 g/mol. The van der Waals surface area contributed by atoms with Crippen molar-refractivity contribution in [2.45, 2.75) is 25.8 Å². The predicted molar refractivity (Wildman–Crippen MR) is 90.7 cm³/mol. The molecule has 1 unspecified atom stereocenters. The first-order chi connectivity index (χ1) is 10.9. The minimum Gasteiger partial charge on any atom is -0.398 e. The Morgan fingerprint density at radius 3 is 2.78 bits per heavy atom. The lowest BCUT2D eigenvalue weighted by atomic mass is 9.92. The van der Waals surface area contributed by atoms with Gasteiger partial charge in [-0.05, 0) is 48.2 Å². The Morgan fingerprint density at radius 1 is 1.35 bits per heavy atom. The van der Waals surface area contributed by atoms with Crippen LogP contribution in [-0.4, -0.2) is 18.5 Å². The van der Waals surface area contributed by atoms with Gasteiger partial charge in [-0.1, -0.05) is 19.1 Å². The third kappa shape index (κ3) is 2.57. The van der Waals surface area contributed by atoms with Crippen LogP contribution in [-0.2, 0) is 4.79 Å². The molecule has 0 aliphatic carbocycles. The zero-order valence-electron chi connectivity index (χ0n) is 13.2. The average molecular weight is 313 g/mol. The molecule has 0 spiro atoms. The van der Waals surface area contributed by atoms with Crippen molar-refractivity contribution in [1.29, 1.82) is 0 Å². The Bertz CT molecular complexity index is 773. The summed E-state index contributed by atoms with van der Waals surface area (Å²) in [5.41, 5.74) is 15.8. The SMILES string of the molecule is CC1CN(C(=O)[C@H](C)N)c2cccc(N)c2-c2ccc(F)cc21. The average Bonchev–Trinajstić information content (AvgIpc) is 2.63. The van der Waals surface area contributed by atoms with E-state index in [0.717, 1.165) is 22.4 Å². The molecule has 0 saturated heterocycles. The summed E-state index contributed by atoms with van der Waals surface area (Å²) in [5.74, 6) is -0.495. The second-order valence-corrected chi connectivity index (χ2v) is 6.11. The number of fused-ring (bicyclic) bond motifs is 3. The molecule has 1 amide bonds. The standard InChI is InChI=1S/C18H20FN3O/c1-10-9-22(18(23)11(2)20)16-5-3-4-15(21)17(16)13-7-6-12(19)8-14(10)13/h3-8,10-11H,9,20-21H2,1-2H3/t10?,11-/m0/s1. The number of benzene rings is 2. The highest BCUT2D eigenvalue weighted by molar-refractivity contribution is 6.03. The number of hydrogen-bond acceptors (Lipinski definition) is 3. The molecule has 0 aromatic heterocycles. The van der Waals surface area contributed by atoms with E-state index in [1.807, 2.05) is 19.1 Å². The van der Waals surface area contributed by atoms with Gasteiger partial charge in [0, 0.05) is 17.8 Å². The van der Waals surface area contributed by atoms with Crippen LogP contribution in [0.25, 0.3) is 11.1 Å². The fourth-order valence-corrected chi connectivity index (χ4v) is 3.17. The first-order valence-electron chi connectivity index (χ1n) is 7.65. The monoisotopic (exact) mass is 313 g/mol. The first-order valence-corrected chi connectivity index (χ1v) is 7.65. The lowest BCUT2D eigenvalue weighted by Gasteiger charge is -2.26. The van der Waals surface area contributed by atoms with Gasteiger partial charge in [0.05, 0.1) is 11.7 Å². The maximum atomic E-state index is 13.7. The van der Waals surface area contributed by atoms with E-state index < -0.39 is 6.04 Å². The number of halogens is 1. The summed E-state index contributed by atoms with van der Waals surface area (Å²) in [6.45, 7) is 4.08. The van der Waals surface area contributed by atoms with Crippen molar-refractivity contribution in [3.63, 3.8) is 0 Å². The minimum absolute atomic E-state index is 0.0322. The van der Waals surface area contributed by atoms with Crippen molar-refractivity contribution in [2.24, 2.45) is 5.73 Å². The van der Waals surface area contributed by atoms with E-state index in [9.17, 15) is 9.18 Å². The maximum Gasteiger partial charge on any atom is 0.243 e. The third-order valence-electron chi connectivity index (χ3n) is 4.29. The van der Waals surface area contributed by atoms with Gasteiger partial charge in [-0.2, -0.15) is 0 Å². The van der Waals surface area contributed by atoms with Gasteiger partial charge in [0.2, 0.25) is 5.91 Å². The summed E-state index contributed by atoms with van der Waals surface area (Å²) < 4.78 is 13.7. The number of rotatable bonds is 1. The van der Waals surface area contributed by atoms with Gasteiger partial charge in [-0.25, -0.2) is 4.39 Å². The molecule has 3 rings (SSSR count). The van der Waals surface area contributed by atoms with Crippen LogP contribution in [0.3, 0.4) is 0 Å². The van der Waals surface area contributed by atoms with E-state index in [2.05, 4.69) is 0 Å². The van der Waals surface area contributed by atoms with E-state index in [4.69, 9.17) is 11.5 Å². The highest BCUT2D eigenvalue weighted by Gasteiger charge is 2.30. The van der Waals surface area contributed by atoms with Crippen molar-refractivity contribution in [2.75, 3.05) is 17.2 Å². The summed E-state index contributed by atoms with van der Waals surface area (Å²) in [7, 11) is 0. The smallest absolute Gasteiger partial charge is 0.243 e. The molecule has 0 bridgehead atoms. The highest BCUT2D eigenvalue weighted by Crippen LogP contribution is 2.43. The number of amides is 1. The topological polar surface area (TPSA) is 72.3 Å². The Kier molecular flexibility index (Phi) is 3.82. The fraction of sp³-hybridized carbons (Fsp3) is 0.278. The first kappa shape index (κ1) is 15.5. The molecule has 0 radical (unpaired) electrons. The summed E-state index contributed by atoms with van der Waals surface area (Å²) in [5, 5.41) is 0. The summed E-state index contributed by atoms with van der Waals surface area (Å²) in [6.07, 6.45) is 0. The molecular formula is C18H20FN3O. The Labute approximate surface area is 134 Å². The molecule has 1 heterocycles. The van der Waals surface area contributed by atoms with Crippen molar-refractivity contribution >= 4 is 17.3 Å². The van der Waals surface area contributed by atoms with E-state index in [-0.39, 0.29) is 17.6 Å². The van der Waals surface area contributed by atoms with Crippen LogP contribution in [0, 0.1) is 5.82 Å². The van der Waals surface area contributed by atoms with Gasteiger partial charge in [0.25, 0.3) is 0 Å². The normalized spacial score (nSPS) is 17.9. The van der Waals surface area contributed by atoms with Gasteiger partial charge in [-0.3, -0.25) is 4.79 Å². The molecule has 0 fully saturated rings. The Hall–Kier alpha value is -2.40. The summed E-state index contributed by atoms with van der Waals surface area (Å²) in [4.78, 5) is 14.2. The van der Waals surface area contributed by atoms with Gasteiger partial charge >= 0.3 is 0 Å². The number of anilines is 2. The van der Waals surface area contributed by atoms with Crippen LogP contribution in [0.2, 0.25) is 0 Å². The number of nitrogens with two attached hydrogens (primary N) is 2. The van der Waals surface area contributed by atoms with Crippen LogP contribution in [0.4, 0.5) is 15.8 Å². The van der Waals surface area contributed by atoms with Gasteiger partial charge in [-0.15, -0.1) is 0 Å². The van der Waals surface area contributed by atoms with Crippen LogP contribution < -0.4 is 16.4 Å². The molecule has 1 aliphatic heterocycles. The number of nitrogens with zero attached hydrogens (tertiary/aromatic N) is 1. The minimum atomic E-state index is -0.616. The van der Waals surface area contributed by atoms with E-state index in [1.165, 1.54) is 12.1 Å². The van der Waals surface area contributed by atoms with Crippen molar-refractivity contribution in [3.8, 4) is 11.1 Å². The van der Waals surface area contributed by atoms with Crippen LogP contribution >= 0.6 is 0 Å². The fourth-order valence-electron chi connectivity index (χ4n) is 3.17. The molecule has 2 aromatic carbocycles. The van der Waals surface area contributed by atoms with Crippen molar-refractivity contribution in [1.82, 2.24) is 0 Å². The van der Waals surface area contributed by atoms with Gasteiger partial charge < -0.3 is 16.4 Å². The number of carbonyl (C=O) groups excluding carboxylic acids is 1. The second-order valence-electron chi connectivity index (χ2n) is 6.11. The molecule has 5 heteroatoms. The predicted octanol–water partition coefficient (Wildman–Crippen LogP) is 2.87. The highest BCUT2D eigenvalue weighted by atomic mass is 19.1. The Balaban J connectivity index is 2.29.